The Balaban J connectivity index is 2.05. The van der Waals surface area contributed by atoms with Crippen LogP contribution in [0.1, 0.15) is 29.3 Å². The highest BCUT2D eigenvalue weighted by Crippen LogP contribution is 2.14. The molecule has 1 heterocycles. The molecule has 6 nitrogen and oxygen atoms in total. The summed E-state index contributed by atoms with van der Waals surface area (Å²) in [5.74, 6) is -1.07. The van der Waals surface area contributed by atoms with Crippen molar-refractivity contribution >= 4 is 28.8 Å². The summed E-state index contributed by atoms with van der Waals surface area (Å²) in [6.07, 6.45) is 0. The molecule has 0 aliphatic carbocycles. The molecule has 0 saturated carbocycles. The summed E-state index contributed by atoms with van der Waals surface area (Å²) < 4.78 is 12.9. The highest BCUT2D eigenvalue weighted by molar-refractivity contribution is 7.09. The van der Waals surface area contributed by atoms with E-state index in [0.717, 1.165) is 0 Å². The number of carbonyl (C=O) groups is 2. The van der Waals surface area contributed by atoms with E-state index in [4.69, 9.17) is 5.73 Å². The minimum Gasteiger partial charge on any atom is -0.326 e. The van der Waals surface area contributed by atoms with Gasteiger partial charge in [0.2, 0.25) is 5.91 Å². The number of benzene rings is 1. The van der Waals surface area contributed by atoms with Gasteiger partial charge in [-0.1, -0.05) is 0 Å². The van der Waals surface area contributed by atoms with Gasteiger partial charge in [0.1, 0.15) is 23.1 Å². The van der Waals surface area contributed by atoms with Crippen molar-refractivity contribution in [1.82, 2.24) is 9.88 Å². The topological polar surface area (TPSA) is 88.3 Å². The lowest BCUT2D eigenvalue weighted by atomic mass is 10.2. The molecule has 2 amide bonds. The zero-order chi connectivity index (χ0) is 17.7. The van der Waals surface area contributed by atoms with E-state index in [2.05, 4.69) is 10.3 Å². The van der Waals surface area contributed by atoms with E-state index in [0.29, 0.717) is 10.7 Å². The minimum absolute atomic E-state index is 0.122. The third-order valence-electron chi connectivity index (χ3n) is 3.27. The van der Waals surface area contributed by atoms with Gasteiger partial charge in [-0.15, -0.1) is 11.3 Å². The molecule has 24 heavy (non-hydrogen) atoms. The van der Waals surface area contributed by atoms with Crippen molar-refractivity contribution in [2.45, 2.75) is 26.4 Å². The SMILES string of the molecule is CC(C)N(CC(=O)Nc1ccc(F)cc1)C(=O)c1csc(CN)n1. The van der Waals surface area contributed by atoms with Crippen LogP contribution in [-0.4, -0.2) is 34.3 Å². The lowest BCUT2D eigenvalue weighted by Gasteiger charge is -2.25. The number of anilines is 1. The summed E-state index contributed by atoms with van der Waals surface area (Å²) in [4.78, 5) is 30.3. The first kappa shape index (κ1) is 18.0. The van der Waals surface area contributed by atoms with Gasteiger partial charge in [0.05, 0.1) is 0 Å². The molecule has 1 aromatic heterocycles. The summed E-state index contributed by atoms with van der Waals surface area (Å²) in [6.45, 7) is 3.78. The first-order chi connectivity index (χ1) is 11.4. The highest BCUT2D eigenvalue weighted by Gasteiger charge is 2.23. The summed E-state index contributed by atoms with van der Waals surface area (Å²) >= 11 is 1.31. The molecule has 2 aromatic rings. The van der Waals surface area contributed by atoms with Gasteiger partial charge in [-0.05, 0) is 38.1 Å². The Morgan fingerprint density at radius 1 is 1.33 bits per heavy atom. The number of nitrogens with one attached hydrogen (secondary N) is 1. The van der Waals surface area contributed by atoms with Gasteiger partial charge in [0.15, 0.2) is 0 Å². The van der Waals surface area contributed by atoms with Crippen LogP contribution in [0.15, 0.2) is 29.6 Å². The number of aromatic nitrogens is 1. The Morgan fingerprint density at radius 3 is 2.54 bits per heavy atom. The molecule has 0 fully saturated rings. The van der Waals surface area contributed by atoms with E-state index in [1.54, 1.807) is 5.38 Å². The first-order valence-electron chi connectivity index (χ1n) is 7.41. The minimum atomic E-state index is -0.383. The van der Waals surface area contributed by atoms with E-state index in [1.165, 1.54) is 40.5 Å². The Hall–Kier alpha value is -2.32. The lowest BCUT2D eigenvalue weighted by Crippen LogP contribution is -2.42. The number of rotatable bonds is 6. The van der Waals surface area contributed by atoms with Crippen molar-refractivity contribution in [3.8, 4) is 0 Å². The van der Waals surface area contributed by atoms with Gasteiger partial charge in [0, 0.05) is 23.7 Å². The van der Waals surface area contributed by atoms with Crippen LogP contribution in [0.2, 0.25) is 0 Å². The van der Waals surface area contributed by atoms with Crippen molar-refractivity contribution in [1.29, 1.82) is 0 Å². The van der Waals surface area contributed by atoms with Gasteiger partial charge in [-0.2, -0.15) is 0 Å². The Bertz CT molecular complexity index is 715. The van der Waals surface area contributed by atoms with Crippen LogP contribution >= 0.6 is 11.3 Å². The van der Waals surface area contributed by atoms with Crippen molar-refractivity contribution < 1.29 is 14.0 Å². The van der Waals surface area contributed by atoms with Crippen LogP contribution in [0, 0.1) is 5.82 Å². The molecule has 0 aliphatic rings. The number of carbonyl (C=O) groups excluding carboxylic acids is 2. The predicted molar refractivity (Wildman–Crippen MR) is 91.2 cm³/mol. The fourth-order valence-corrected chi connectivity index (χ4v) is 2.68. The highest BCUT2D eigenvalue weighted by atomic mass is 32.1. The quantitative estimate of drug-likeness (QED) is 0.836. The van der Waals surface area contributed by atoms with Gasteiger partial charge in [0.25, 0.3) is 5.91 Å². The normalized spacial score (nSPS) is 10.7. The zero-order valence-corrected chi connectivity index (χ0v) is 14.3. The summed E-state index contributed by atoms with van der Waals surface area (Å²) in [5.41, 5.74) is 6.26. The Kier molecular flexibility index (Phi) is 5.99. The van der Waals surface area contributed by atoms with Crippen LogP contribution in [0.4, 0.5) is 10.1 Å². The third-order valence-corrected chi connectivity index (χ3v) is 4.14. The fraction of sp³-hybridized carbons (Fsp3) is 0.312. The van der Waals surface area contributed by atoms with Gasteiger partial charge >= 0.3 is 0 Å². The maximum absolute atomic E-state index is 12.9. The smallest absolute Gasteiger partial charge is 0.274 e. The summed E-state index contributed by atoms with van der Waals surface area (Å²) in [7, 11) is 0. The van der Waals surface area contributed by atoms with Crippen molar-refractivity contribution in [3.05, 3.63) is 46.2 Å². The maximum Gasteiger partial charge on any atom is 0.274 e. The van der Waals surface area contributed by atoms with E-state index >= 15 is 0 Å². The molecule has 8 heteroatoms. The Morgan fingerprint density at radius 2 is 2.00 bits per heavy atom. The molecule has 3 N–H and O–H groups in total. The van der Waals surface area contributed by atoms with Crippen molar-refractivity contribution in [2.75, 3.05) is 11.9 Å². The van der Waals surface area contributed by atoms with Crippen LogP contribution in [0.25, 0.3) is 0 Å². The van der Waals surface area contributed by atoms with Crippen molar-refractivity contribution in [3.63, 3.8) is 0 Å². The maximum atomic E-state index is 12.9. The van der Waals surface area contributed by atoms with Crippen LogP contribution < -0.4 is 11.1 Å². The molecule has 0 saturated heterocycles. The molecule has 0 unspecified atom stereocenters. The van der Waals surface area contributed by atoms with Crippen LogP contribution in [0.3, 0.4) is 0 Å². The number of hydrogen-bond donors (Lipinski definition) is 2. The van der Waals surface area contributed by atoms with E-state index in [9.17, 15) is 14.0 Å². The lowest BCUT2D eigenvalue weighted by molar-refractivity contribution is -0.117. The van der Waals surface area contributed by atoms with Gasteiger partial charge < -0.3 is 16.0 Å². The average Bonchev–Trinajstić information content (AvgIpc) is 3.03. The zero-order valence-electron chi connectivity index (χ0n) is 13.5. The second-order valence-electron chi connectivity index (χ2n) is 5.41. The Labute approximate surface area is 143 Å². The molecule has 2 rings (SSSR count). The number of hydrogen-bond acceptors (Lipinski definition) is 5. The predicted octanol–water partition coefficient (Wildman–Crippen LogP) is 2.23. The number of amides is 2. The largest absolute Gasteiger partial charge is 0.326 e. The molecule has 1 aromatic carbocycles. The van der Waals surface area contributed by atoms with Crippen LogP contribution in [-0.2, 0) is 11.3 Å². The summed E-state index contributed by atoms with van der Waals surface area (Å²) in [6, 6.07) is 5.25. The van der Waals surface area contributed by atoms with Gasteiger partial charge in [-0.3, -0.25) is 9.59 Å². The molecular weight excluding hydrogens is 331 g/mol. The number of nitrogens with zero attached hydrogens (tertiary/aromatic N) is 2. The van der Waals surface area contributed by atoms with Crippen LogP contribution in [0.5, 0.6) is 0 Å². The third kappa shape index (κ3) is 4.59. The van der Waals surface area contributed by atoms with Crippen molar-refractivity contribution in [2.24, 2.45) is 5.73 Å². The standard InChI is InChI=1S/C16H19FN4O2S/c1-10(2)21(16(23)13-9-24-15(7-18)20-13)8-14(22)19-12-5-3-11(17)4-6-12/h3-6,9-10H,7-8,18H2,1-2H3,(H,19,22). The first-order valence-corrected chi connectivity index (χ1v) is 8.29. The average molecular weight is 350 g/mol. The monoisotopic (exact) mass is 350 g/mol. The molecule has 0 spiro atoms. The van der Waals surface area contributed by atoms with E-state index in [1.807, 2.05) is 13.8 Å². The van der Waals surface area contributed by atoms with Gasteiger partial charge in [-0.25, -0.2) is 9.37 Å². The summed E-state index contributed by atoms with van der Waals surface area (Å²) in [5, 5.41) is 4.94. The molecule has 0 bridgehead atoms. The second kappa shape index (κ2) is 7.98. The second-order valence-corrected chi connectivity index (χ2v) is 6.36. The number of thiazole rings is 1. The number of halogens is 1. The van der Waals surface area contributed by atoms with E-state index < -0.39 is 0 Å². The molecule has 0 atom stereocenters. The molecular formula is C16H19FN4O2S. The fourth-order valence-electron chi connectivity index (χ4n) is 2.03. The van der Waals surface area contributed by atoms with E-state index in [-0.39, 0.29) is 42.5 Å². The molecule has 128 valence electrons. The molecule has 0 radical (unpaired) electrons. The molecule has 0 aliphatic heterocycles. The number of nitrogens with two attached hydrogens (primary N) is 1.